The molecule has 0 saturated carbocycles. The molecule has 0 aliphatic heterocycles. The van der Waals surface area contributed by atoms with Gasteiger partial charge >= 0.3 is 0 Å². The molecule has 0 amide bonds. The van der Waals surface area contributed by atoms with Crippen molar-refractivity contribution >= 4 is 33.4 Å². The third-order valence-corrected chi connectivity index (χ3v) is 4.40. The minimum absolute atomic E-state index is 0.00908. The van der Waals surface area contributed by atoms with Crippen LogP contribution in [0.4, 0.5) is 17.5 Å². The lowest BCUT2D eigenvalue weighted by molar-refractivity contribution is 0.311. The molecule has 0 aliphatic carbocycles. The van der Waals surface area contributed by atoms with Crippen molar-refractivity contribution in [3.63, 3.8) is 0 Å². The molecule has 3 N–H and O–H groups in total. The molecule has 2 heterocycles. The van der Waals surface area contributed by atoms with E-state index in [1.54, 1.807) is 12.4 Å². The Balaban J connectivity index is 1.95. The van der Waals surface area contributed by atoms with Gasteiger partial charge in [0.15, 0.2) is 0 Å². The zero-order chi connectivity index (χ0) is 17.6. The summed E-state index contributed by atoms with van der Waals surface area (Å²) in [5.74, 6) is 1.11. The first-order valence-corrected chi connectivity index (χ1v) is 8.62. The summed E-state index contributed by atoms with van der Waals surface area (Å²) >= 11 is 3.50. The minimum atomic E-state index is 0.00908. The second-order valence-electron chi connectivity index (χ2n) is 5.44. The number of aryl methyl sites for hydroxylation is 1. The number of aliphatic hydroxyl groups is 1. The molecule has 0 radical (unpaired) electrons. The topological polar surface area (TPSA) is 83.0 Å². The molecule has 3 rings (SSSR count). The number of anilines is 3. The molecular weight excluding hydrogens is 382 g/mol. The van der Waals surface area contributed by atoms with E-state index in [0.717, 1.165) is 27.0 Å². The van der Waals surface area contributed by atoms with E-state index < -0.39 is 0 Å². The number of aliphatic hydroxyl groups excluding tert-OH is 1. The van der Waals surface area contributed by atoms with Crippen molar-refractivity contribution in [2.24, 2.45) is 0 Å². The number of nitrogens with one attached hydrogen (secondary N) is 2. The highest BCUT2D eigenvalue weighted by molar-refractivity contribution is 9.10. The van der Waals surface area contributed by atoms with E-state index in [0.29, 0.717) is 18.3 Å². The van der Waals surface area contributed by atoms with Crippen molar-refractivity contribution in [3.05, 3.63) is 58.8 Å². The number of halogens is 1. The molecule has 0 atom stereocenters. The van der Waals surface area contributed by atoms with E-state index in [-0.39, 0.29) is 6.61 Å². The van der Waals surface area contributed by atoms with Gasteiger partial charge in [0.1, 0.15) is 5.82 Å². The summed E-state index contributed by atoms with van der Waals surface area (Å²) in [4.78, 5) is 13.1. The molecule has 7 heteroatoms. The first kappa shape index (κ1) is 17.3. The molecule has 2 aromatic heterocycles. The summed E-state index contributed by atoms with van der Waals surface area (Å²) in [5.41, 5.74) is 3.71. The number of nitrogens with zero attached hydrogens (tertiary/aromatic N) is 3. The Bertz CT molecular complexity index is 857. The van der Waals surface area contributed by atoms with Crippen molar-refractivity contribution in [3.8, 4) is 11.3 Å². The quantitative estimate of drug-likeness (QED) is 0.585. The maximum Gasteiger partial charge on any atom is 0.225 e. The average molecular weight is 400 g/mol. The SMILES string of the molecule is Cc1cc(Nc2cc(-c3cccnc3)nc(NCCO)n2)ccc1Br. The molecule has 0 spiro atoms. The van der Waals surface area contributed by atoms with Gasteiger partial charge in [0.25, 0.3) is 0 Å². The van der Waals surface area contributed by atoms with Crippen LogP contribution >= 0.6 is 15.9 Å². The van der Waals surface area contributed by atoms with Crippen LogP contribution in [0.15, 0.2) is 53.3 Å². The molecule has 25 heavy (non-hydrogen) atoms. The van der Waals surface area contributed by atoms with E-state index >= 15 is 0 Å². The van der Waals surface area contributed by atoms with Crippen molar-refractivity contribution in [2.45, 2.75) is 6.92 Å². The molecule has 0 saturated heterocycles. The minimum Gasteiger partial charge on any atom is -0.395 e. The normalized spacial score (nSPS) is 10.5. The van der Waals surface area contributed by atoms with Crippen LogP contribution < -0.4 is 10.6 Å². The van der Waals surface area contributed by atoms with Gasteiger partial charge in [-0.25, -0.2) is 4.98 Å². The fourth-order valence-corrected chi connectivity index (χ4v) is 2.54. The maximum absolute atomic E-state index is 9.03. The lowest BCUT2D eigenvalue weighted by Gasteiger charge is -2.12. The monoisotopic (exact) mass is 399 g/mol. The summed E-state index contributed by atoms with van der Waals surface area (Å²) in [5, 5.41) is 15.3. The molecule has 0 bridgehead atoms. The number of hydrogen-bond acceptors (Lipinski definition) is 6. The average Bonchev–Trinajstić information content (AvgIpc) is 2.63. The van der Waals surface area contributed by atoms with Crippen LogP contribution in [0.3, 0.4) is 0 Å². The first-order valence-electron chi connectivity index (χ1n) is 7.83. The number of pyridine rings is 1. The Morgan fingerprint density at radius 1 is 1.16 bits per heavy atom. The third-order valence-electron chi connectivity index (χ3n) is 3.51. The summed E-state index contributed by atoms with van der Waals surface area (Å²) < 4.78 is 1.06. The highest BCUT2D eigenvalue weighted by Gasteiger charge is 2.08. The molecular formula is C18H18BrN5O. The van der Waals surface area contributed by atoms with Crippen LogP contribution in [-0.2, 0) is 0 Å². The lowest BCUT2D eigenvalue weighted by Crippen LogP contribution is -2.10. The van der Waals surface area contributed by atoms with Crippen LogP contribution in [0.2, 0.25) is 0 Å². The predicted octanol–water partition coefficient (Wildman–Crippen LogP) is 3.76. The molecule has 0 aliphatic rings. The van der Waals surface area contributed by atoms with Crippen LogP contribution in [-0.4, -0.2) is 33.2 Å². The highest BCUT2D eigenvalue weighted by atomic mass is 79.9. The summed E-state index contributed by atoms with van der Waals surface area (Å²) in [6.45, 7) is 2.42. The van der Waals surface area contributed by atoms with Gasteiger partial charge in [-0.1, -0.05) is 15.9 Å². The fraction of sp³-hybridized carbons (Fsp3) is 0.167. The molecule has 6 nitrogen and oxygen atoms in total. The molecule has 0 fully saturated rings. The van der Waals surface area contributed by atoms with E-state index in [4.69, 9.17) is 5.11 Å². The summed E-state index contributed by atoms with van der Waals surface area (Å²) in [6.07, 6.45) is 3.48. The predicted molar refractivity (Wildman–Crippen MR) is 103 cm³/mol. The van der Waals surface area contributed by atoms with Gasteiger partial charge < -0.3 is 15.7 Å². The Labute approximate surface area is 154 Å². The lowest BCUT2D eigenvalue weighted by atomic mass is 10.2. The standard InChI is InChI=1S/C18H18BrN5O/c1-12-9-14(4-5-15(12)19)22-17-10-16(13-3-2-6-20-11-13)23-18(24-17)21-7-8-25/h2-6,9-11,25H,7-8H2,1H3,(H2,21,22,23,24). The Morgan fingerprint density at radius 3 is 2.76 bits per heavy atom. The second-order valence-corrected chi connectivity index (χ2v) is 6.30. The van der Waals surface area contributed by atoms with Gasteiger partial charge in [-0.2, -0.15) is 4.98 Å². The van der Waals surface area contributed by atoms with Crippen LogP contribution in [0.25, 0.3) is 11.3 Å². The zero-order valence-electron chi connectivity index (χ0n) is 13.7. The van der Waals surface area contributed by atoms with E-state index in [9.17, 15) is 0 Å². The molecule has 0 unspecified atom stereocenters. The van der Waals surface area contributed by atoms with Crippen molar-refractivity contribution in [1.82, 2.24) is 15.0 Å². The highest BCUT2D eigenvalue weighted by Crippen LogP contribution is 2.25. The summed E-state index contributed by atoms with van der Waals surface area (Å²) in [6, 6.07) is 11.7. The van der Waals surface area contributed by atoms with Gasteiger partial charge in [-0.15, -0.1) is 0 Å². The molecule has 1 aromatic carbocycles. The number of rotatable bonds is 6. The zero-order valence-corrected chi connectivity index (χ0v) is 15.3. The van der Waals surface area contributed by atoms with Gasteiger partial charge in [-0.05, 0) is 42.8 Å². The van der Waals surface area contributed by atoms with Crippen LogP contribution in [0.5, 0.6) is 0 Å². The van der Waals surface area contributed by atoms with Gasteiger partial charge in [0.05, 0.1) is 12.3 Å². The smallest absolute Gasteiger partial charge is 0.225 e. The Kier molecular flexibility index (Phi) is 5.57. The van der Waals surface area contributed by atoms with E-state index in [1.165, 1.54) is 0 Å². The van der Waals surface area contributed by atoms with Crippen molar-refractivity contribution in [1.29, 1.82) is 0 Å². The maximum atomic E-state index is 9.03. The van der Waals surface area contributed by atoms with Gasteiger partial charge in [-0.3, -0.25) is 4.98 Å². The fourth-order valence-electron chi connectivity index (χ4n) is 2.29. The van der Waals surface area contributed by atoms with Crippen molar-refractivity contribution in [2.75, 3.05) is 23.8 Å². The number of hydrogen-bond donors (Lipinski definition) is 3. The Hall–Kier alpha value is -2.51. The van der Waals surface area contributed by atoms with E-state index in [1.807, 2.05) is 43.3 Å². The number of benzene rings is 1. The van der Waals surface area contributed by atoms with Gasteiger partial charge in [0, 0.05) is 40.7 Å². The summed E-state index contributed by atoms with van der Waals surface area (Å²) in [7, 11) is 0. The van der Waals surface area contributed by atoms with Gasteiger partial charge in [0.2, 0.25) is 5.95 Å². The first-order chi connectivity index (χ1) is 12.2. The third kappa shape index (κ3) is 4.52. The largest absolute Gasteiger partial charge is 0.395 e. The molecule has 128 valence electrons. The van der Waals surface area contributed by atoms with Crippen LogP contribution in [0.1, 0.15) is 5.56 Å². The van der Waals surface area contributed by atoms with Crippen molar-refractivity contribution < 1.29 is 5.11 Å². The van der Waals surface area contributed by atoms with E-state index in [2.05, 4.69) is 41.5 Å². The second kappa shape index (κ2) is 8.04. The molecule has 3 aromatic rings. The number of aromatic nitrogens is 3. The van der Waals surface area contributed by atoms with Crippen LogP contribution in [0, 0.1) is 6.92 Å². The Morgan fingerprint density at radius 2 is 2.04 bits per heavy atom.